The number of esters is 1. The zero-order chi connectivity index (χ0) is 18.2. The summed E-state index contributed by atoms with van der Waals surface area (Å²) in [5.41, 5.74) is -4.03. The predicted molar refractivity (Wildman–Crippen MR) is 78.7 cm³/mol. The van der Waals surface area contributed by atoms with Crippen molar-refractivity contribution in [1.29, 1.82) is 0 Å². The smallest absolute Gasteiger partial charge is 0.431 e. The Balaban J connectivity index is 2.78. The summed E-state index contributed by atoms with van der Waals surface area (Å²) in [7, 11) is 1.11. The Morgan fingerprint density at radius 3 is 2.42 bits per heavy atom. The summed E-state index contributed by atoms with van der Waals surface area (Å²) in [5.74, 6) is -0.810. The van der Waals surface area contributed by atoms with Gasteiger partial charge in [-0.05, 0) is 24.6 Å². The third-order valence-corrected chi connectivity index (χ3v) is 3.57. The summed E-state index contributed by atoms with van der Waals surface area (Å²) < 4.78 is 42.9. The Morgan fingerprint density at radius 2 is 1.92 bits per heavy atom. The van der Waals surface area contributed by atoms with Crippen LogP contribution >= 0.6 is 11.6 Å². The van der Waals surface area contributed by atoms with Gasteiger partial charge in [0.2, 0.25) is 0 Å². The molecule has 10 heteroatoms. The van der Waals surface area contributed by atoms with Gasteiger partial charge < -0.3 is 9.72 Å². The van der Waals surface area contributed by atoms with E-state index in [1.807, 2.05) is 0 Å². The van der Waals surface area contributed by atoms with Crippen molar-refractivity contribution >= 4 is 17.6 Å². The molecule has 0 radical (unpaired) electrons. The molecule has 0 atom stereocenters. The number of benzene rings is 1. The molecule has 0 saturated carbocycles. The SMILES string of the molecule is COC(=O)c1c(Cl)ccc(-n2c(=O)cc(C(F)(F)F)[nH]c2=O)c1C. The largest absolute Gasteiger partial charge is 0.465 e. The first-order chi connectivity index (χ1) is 11.1. The molecule has 1 aromatic carbocycles. The predicted octanol–water partition coefficient (Wildman–Crippen LogP) is 2.29. The van der Waals surface area contributed by atoms with Crippen LogP contribution in [0.3, 0.4) is 0 Å². The molecule has 1 heterocycles. The van der Waals surface area contributed by atoms with E-state index in [-0.39, 0.29) is 27.9 Å². The molecule has 128 valence electrons. The molecule has 0 spiro atoms. The van der Waals surface area contributed by atoms with Crippen molar-refractivity contribution < 1.29 is 22.7 Å². The molecule has 0 saturated heterocycles. The van der Waals surface area contributed by atoms with E-state index in [2.05, 4.69) is 4.74 Å². The summed E-state index contributed by atoms with van der Waals surface area (Å²) in [6.45, 7) is 1.39. The Bertz CT molecular complexity index is 900. The number of ether oxygens (including phenoxy) is 1. The van der Waals surface area contributed by atoms with Crippen LogP contribution in [0.25, 0.3) is 5.69 Å². The zero-order valence-corrected chi connectivity index (χ0v) is 13.1. The van der Waals surface area contributed by atoms with Gasteiger partial charge in [-0.25, -0.2) is 14.2 Å². The lowest BCUT2D eigenvalue weighted by Gasteiger charge is -2.14. The van der Waals surface area contributed by atoms with Gasteiger partial charge in [0.1, 0.15) is 5.69 Å². The van der Waals surface area contributed by atoms with E-state index in [9.17, 15) is 27.6 Å². The summed E-state index contributed by atoms with van der Waals surface area (Å²) in [4.78, 5) is 37.3. The highest BCUT2D eigenvalue weighted by Crippen LogP contribution is 2.27. The number of hydrogen-bond acceptors (Lipinski definition) is 4. The molecule has 0 aliphatic carbocycles. The topological polar surface area (TPSA) is 81.2 Å². The van der Waals surface area contributed by atoms with E-state index >= 15 is 0 Å². The monoisotopic (exact) mass is 362 g/mol. The van der Waals surface area contributed by atoms with Crippen LogP contribution < -0.4 is 11.2 Å². The average molecular weight is 363 g/mol. The van der Waals surface area contributed by atoms with Crippen molar-refractivity contribution in [1.82, 2.24) is 9.55 Å². The number of aromatic nitrogens is 2. The highest BCUT2D eigenvalue weighted by atomic mass is 35.5. The Morgan fingerprint density at radius 1 is 1.29 bits per heavy atom. The zero-order valence-electron chi connectivity index (χ0n) is 12.3. The summed E-state index contributed by atoms with van der Waals surface area (Å²) in [6, 6.07) is 2.74. The van der Waals surface area contributed by atoms with Crippen molar-refractivity contribution in [3.8, 4) is 5.69 Å². The molecular weight excluding hydrogens is 353 g/mol. The maximum atomic E-state index is 12.6. The number of alkyl halides is 3. The number of halogens is 4. The molecule has 0 fully saturated rings. The van der Waals surface area contributed by atoms with Crippen molar-refractivity contribution in [3.63, 3.8) is 0 Å². The minimum Gasteiger partial charge on any atom is -0.465 e. The standard InChI is InChI=1S/C14H10ClF3N2O4/c1-6-8(4-3-7(15)11(6)12(22)24-2)20-10(21)5-9(14(16,17)18)19-13(20)23/h3-5H,1-2H3,(H,19,23). The van der Waals surface area contributed by atoms with Gasteiger partial charge in [0.25, 0.3) is 5.56 Å². The van der Waals surface area contributed by atoms with Gasteiger partial charge in [-0.2, -0.15) is 13.2 Å². The molecular formula is C14H10ClF3N2O4. The molecule has 1 N–H and O–H groups in total. The normalized spacial score (nSPS) is 11.4. The van der Waals surface area contributed by atoms with E-state index in [1.165, 1.54) is 19.1 Å². The van der Waals surface area contributed by atoms with Crippen molar-refractivity contribution in [3.05, 3.63) is 60.9 Å². The second kappa shape index (κ2) is 6.16. The van der Waals surface area contributed by atoms with E-state index in [0.29, 0.717) is 4.57 Å². The quantitative estimate of drug-likeness (QED) is 0.831. The molecule has 0 amide bonds. The number of aromatic amines is 1. The van der Waals surface area contributed by atoms with Crippen molar-refractivity contribution in [2.75, 3.05) is 7.11 Å². The lowest BCUT2D eigenvalue weighted by Crippen LogP contribution is -2.36. The summed E-state index contributed by atoms with van der Waals surface area (Å²) >= 11 is 5.90. The summed E-state index contributed by atoms with van der Waals surface area (Å²) in [6.07, 6.45) is -4.87. The van der Waals surface area contributed by atoms with Crippen LogP contribution in [0, 0.1) is 6.92 Å². The second-order valence-electron chi connectivity index (χ2n) is 4.72. The van der Waals surface area contributed by atoms with Crippen LogP contribution in [-0.4, -0.2) is 22.6 Å². The van der Waals surface area contributed by atoms with Crippen LogP contribution in [0.2, 0.25) is 5.02 Å². The molecule has 6 nitrogen and oxygen atoms in total. The maximum Gasteiger partial charge on any atom is 0.431 e. The van der Waals surface area contributed by atoms with Gasteiger partial charge in [-0.1, -0.05) is 11.6 Å². The number of nitrogens with zero attached hydrogens (tertiary/aromatic N) is 1. The molecule has 0 aliphatic heterocycles. The molecule has 0 bridgehead atoms. The molecule has 0 unspecified atom stereocenters. The maximum absolute atomic E-state index is 12.6. The van der Waals surface area contributed by atoms with Gasteiger partial charge in [0.15, 0.2) is 0 Å². The van der Waals surface area contributed by atoms with E-state index in [4.69, 9.17) is 11.6 Å². The number of hydrogen-bond donors (Lipinski definition) is 1. The Kier molecular flexibility index (Phi) is 4.57. The first kappa shape index (κ1) is 17.8. The van der Waals surface area contributed by atoms with Crippen LogP contribution in [0.5, 0.6) is 0 Å². The van der Waals surface area contributed by atoms with Crippen LogP contribution in [0.4, 0.5) is 13.2 Å². The van der Waals surface area contributed by atoms with Crippen LogP contribution in [0.15, 0.2) is 27.8 Å². The van der Waals surface area contributed by atoms with Crippen LogP contribution in [-0.2, 0) is 10.9 Å². The Hall–Kier alpha value is -2.55. The minimum atomic E-state index is -4.87. The van der Waals surface area contributed by atoms with Gasteiger partial charge >= 0.3 is 17.8 Å². The highest BCUT2D eigenvalue weighted by molar-refractivity contribution is 6.33. The lowest BCUT2D eigenvalue weighted by atomic mass is 10.1. The first-order valence-electron chi connectivity index (χ1n) is 6.39. The average Bonchev–Trinajstić information content (AvgIpc) is 2.47. The van der Waals surface area contributed by atoms with Gasteiger partial charge in [-0.3, -0.25) is 4.79 Å². The lowest BCUT2D eigenvalue weighted by molar-refractivity contribution is -0.141. The van der Waals surface area contributed by atoms with Gasteiger partial charge in [-0.15, -0.1) is 0 Å². The van der Waals surface area contributed by atoms with Crippen LogP contribution in [0.1, 0.15) is 21.6 Å². The number of H-pyrrole nitrogens is 1. The number of rotatable bonds is 2. The molecule has 0 aliphatic rings. The minimum absolute atomic E-state index is 0.0134. The van der Waals surface area contributed by atoms with E-state index < -0.39 is 29.1 Å². The third kappa shape index (κ3) is 3.07. The third-order valence-electron chi connectivity index (χ3n) is 3.25. The van der Waals surface area contributed by atoms with Crippen molar-refractivity contribution in [2.45, 2.75) is 13.1 Å². The fraction of sp³-hybridized carbons (Fsp3) is 0.214. The van der Waals surface area contributed by atoms with E-state index in [1.54, 1.807) is 4.98 Å². The fourth-order valence-electron chi connectivity index (χ4n) is 2.14. The fourth-order valence-corrected chi connectivity index (χ4v) is 2.42. The number of methoxy groups -OCH3 is 1. The van der Waals surface area contributed by atoms with E-state index in [0.717, 1.165) is 7.11 Å². The van der Waals surface area contributed by atoms with Gasteiger partial charge in [0.05, 0.1) is 23.4 Å². The number of nitrogens with one attached hydrogen (secondary N) is 1. The highest BCUT2D eigenvalue weighted by Gasteiger charge is 2.33. The first-order valence-corrected chi connectivity index (χ1v) is 6.77. The second-order valence-corrected chi connectivity index (χ2v) is 5.12. The summed E-state index contributed by atoms with van der Waals surface area (Å²) in [5, 5.41) is 0.0134. The molecule has 2 aromatic rings. The molecule has 1 aromatic heterocycles. The number of carbonyl (C=O) groups excluding carboxylic acids is 1. The Labute approximate surface area is 137 Å². The molecule has 2 rings (SSSR count). The van der Waals surface area contributed by atoms with Gasteiger partial charge in [0, 0.05) is 6.07 Å². The number of carbonyl (C=O) groups is 1. The molecule has 24 heavy (non-hydrogen) atoms. The van der Waals surface area contributed by atoms with Crippen molar-refractivity contribution in [2.24, 2.45) is 0 Å².